The van der Waals surface area contributed by atoms with Crippen molar-refractivity contribution < 1.29 is 9.53 Å². The maximum absolute atomic E-state index is 12.4. The van der Waals surface area contributed by atoms with Crippen molar-refractivity contribution in [2.75, 3.05) is 12.3 Å². The zero-order chi connectivity index (χ0) is 17.1. The Bertz CT molecular complexity index is 846. The van der Waals surface area contributed by atoms with Gasteiger partial charge in [0.25, 0.3) is 5.91 Å². The molecule has 0 atom stereocenters. The van der Waals surface area contributed by atoms with Crippen molar-refractivity contribution in [1.82, 2.24) is 4.90 Å². The number of carbonyl (C=O) groups is 1. The summed E-state index contributed by atoms with van der Waals surface area (Å²) in [4.78, 5) is 18.7. The standard InChI is InChI=1S/C20H18N2O2S/c23-19-18(21-20-22(19)10-5-11-25-20)13-16-8-4-9-17(12-16)24-14-15-6-2-1-3-7-15/h1-4,6-9,12-13H,5,10-11,14H2/b18-13-. The molecule has 25 heavy (non-hydrogen) atoms. The average Bonchev–Trinajstić information content (AvgIpc) is 2.97. The van der Waals surface area contributed by atoms with Gasteiger partial charge in [-0.2, -0.15) is 0 Å². The molecule has 5 heteroatoms. The van der Waals surface area contributed by atoms with E-state index in [9.17, 15) is 4.79 Å². The van der Waals surface area contributed by atoms with Crippen LogP contribution in [0.4, 0.5) is 0 Å². The van der Waals surface area contributed by atoms with E-state index in [0.717, 1.165) is 40.8 Å². The van der Waals surface area contributed by atoms with E-state index in [4.69, 9.17) is 4.74 Å². The normalized spacial score (nSPS) is 18.2. The molecule has 2 aromatic rings. The van der Waals surface area contributed by atoms with Gasteiger partial charge in [0.05, 0.1) is 0 Å². The SMILES string of the molecule is O=C1/C(=C/c2cccc(OCc3ccccc3)c2)N=C2SCCCN12. The van der Waals surface area contributed by atoms with E-state index in [-0.39, 0.29) is 5.91 Å². The molecule has 0 aromatic heterocycles. The van der Waals surface area contributed by atoms with Crippen molar-refractivity contribution in [2.24, 2.45) is 4.99 Å². The highest BCUT2D eigenvalue weighted by Crippen LogP contribution is 2.28. The van der Waals surface area contributed by atoms with Crippen molar-refractivity contribution >= 4 is 28.9 Å². The maximum atomic E-state index is 12.4. The lowest BCUT2D eigenvalue weighted by Crippen LogP contribution is -2.34. The fourth-order valence-electron chi connectivity index (χ4n) is 2.82. The number of amidine groups is 1. The van der Waals surface area contributed by atoms with E-state index in [1.165, 1.54) is 0 Å². The van der Waals surface area contributed by atoms with Crippen molar-refractivity contribution in [3.05, 3.63) is 71.4 Å². The quantitative estimate of drug-likeness (QED) is 0.784. The van der Waals surface area contributed by atoms with Gasteiger partial charge in [0.1, 0.15) is 18.1 Å². The lowest BCUT2D eigenvalue weighted by Gasteiger charge is -2.21. The summed E-state index contributed by atoms with van der Waals surface area (Å²) in [5.74, 6) is 1.81. The average molecular weight is 350 g/mol. The minimum atomic E-state index is -0.00203. The summed E-state index contributed by atoms with van der Waals surface area (Å²) < 4.78 is 5.85. The van der Waals surface area contributed by atoms with Gasteiger partial charge in [0.15, 0.2) is 5.17 Å². The summed E-state index contributed by atoms with van der Waals surface area (Å²) in [5.41, 5.74) is 2.55. The lowest BCUT2D eigenvalue weighted by atomic mass is 10.1. The number of rotatable bonds is 4. The molecule has 1 amide bonds. The Balaban J connectivity index is 1.50. The van der Waals surface area contributed by atoms with Crippen LogP contribution in [0.15, 0.2) is 65.3 Å². The minimum absolute atomic E-state index is 0.00203. The highest BCUT2D eigenvalue weighted by molar-refractivity contribution is 8.13. The van der Waals surface area contributed by atoms with Crippen LogP contribution in [-0.4, -0.2) is 28.3 Å². The molecule has 2 heterocycles. The van der Waals surface area contributed by atoms with Crippen LogP contribution >= 0.6 is 11.8 Å². The minimum Gasteiger partial charge on any atom is -0.489 e. The van der Waals surface area contributed by atoms with Crippen molar-refractivity contribution in [3.63, 3.8) is 0 Å². The van der Waals surface area contributed by atoms with Crippen molar-refractivity contribution in [1.29, 1.82) is 0 Å². The Kier molecular flexibility index (Phi) is 4.57. The highest BCUT2D eigenvalue weighted by atomic mass is 32.2. The number of aliphatic imine (C=N–C) groups is 1. The lowest BCUT2D eigenvalue weighted by molar-refractivity contribution is -0.122. The van der Waals surface area contributed by atoms with Gasteiger partial charge >= 0.3 is 0 Å². The summed E-state index contributed by atoms with van der Waals surface area (Å²) in [6.07, 6.45) is 2.86. The molecule has 1 saturated heterocycles. The highest BCUT2D eigenvalue weighted by Gasteiger charge is 2.32. The third-order valence-electron chi connectivity index (χ3n) is 4.08. The molecule has 1 fully saturated rings. The van der Waals surface area contributed by atoms with E-state index >= 15 is 0 Å². The van der Waals surface area contributed by atoms with Crippen LogP contribution in [0.3, 0.4) is 0 Å². The van der Waals surface area contributed by atoms with Crippen molar-refractivity contribution in [3.8, 4) is 5.75 Å². The van der Waals surface area contributed by atoms with E-state index in [2.05, 4.69) is 4.99 Å². The molecule has 0 unspecified atom stereocenters. The van der Waals surface area contributed by atoms with Gasteiger partial charge < -0.3 is 4.74 Å². The number of fused-ring (bicyclic) bond motifs is 1. The van der Waals surface area contributed by atoms with Crippen LogP contribution in [0.2, 0.25) is 0 Å². The molecule has 0 bridgehead atoms. The summed E-state index contributed by atoms with van der Waals surface area (Å²) >= 11 is 1.65. The van der Waals surface area contributed by atoms with E-state index in [1.54, 1.807) is 16.7 Å². The van der Waals surface area contributed by atoms with Crippen LogP contribution in [0.5, 0.6) is 5.75 Å². The molecule has 0 N–H and O–H groups in total. The number of amides is 1. The van der Waals surface area contributed by atoms with Gasteiger partial charge in [-0.05, 0) is 35.8 Å². The van der Waals surface area contributed by atoms with Gasteiger partial charge in [0.2, 0.25) is 0 Å². The smallest absolute Gasteiger partial charge is 0.278 e. The van der Waals surface area contributed by atoms with Gasteiger partial charge in [-0.25, -0.2) is 4.99 Å². The number of ether oxygens (including phenoxy) is 1. The number of benzene rings is 2. The second-order valence-corrected chi connectivity index (χ2v) is 6.99. The molecule has 0 aliphatic carbocycles. The molecule has 126 valence electrons. The first-order chi connectivity index (χ1) is 12.3. The van der Waals surface area contributed by atoms with Crippen LogP contribution in [0.25, 0.3) is 6.08 Å². The van der Waals surface area contributed by atoms with Crippen LogP contribution in [-0.2, 0) is 11.4 Å². The first-order valence-corrected chi connectivity index (χ1v) is 9.30. The predicted molar refractivity (Wildman–Crippen MR) is 101 cm³/mol. The molecular formula is C20H18N2O2S. The largest absolute Gasteiger partial charge is 0.489 e. The van der Waals surface area contributed by atoms with Gasteiger partial charge in [0, 0.05) is 12.3 Å². The summed E-state index contributed by atoms with van der Waals surface area (Å²) in [6, 6.07) is 17.8. The third-order valence-corrected chi connectivity index (χ3v) is 5.14. The second-order valence-electron chi connectivity index (χ2n) is 5.93. The number of nitrogens with zero attached hydrogens (tertiary/aromatic N) is 2. The molecule has 2 aliphatic heterocycles. The Morgan fingerprint density at radius 2 is 2.04 bits per heavy atom. The van der Waals surface area contributed by atoms with Gasteiger partial charge in [-0.3, -0.25) is 9.69 Å². The number of carbonyl (C=O) groups excluding carboxylic acids is 1. The molecule has 4 nitrogen and oxygen atoms in total. The number of hydrogen-bond acceptors (Lipinski definition) is 4. The number of hydrogen-bond donors (Lipinski definition) is 0. The predicted octanol–water partition coefficient (Wildman–Crippen LogP) is 3.94. The summed E-state index contributed by atoms with van der Waals surface area (Å²) in [7, 11) is 0. The van der Waals surface area contributed by atoms with E-state index in [0.29, 0.717) is 12.3 Å². The van der Waals surface area contributed by atoms with Gasteiger partial charge in [-0.15, -0.1) is 0 Å². The topological polar surface area (TPSA) is 41.9 Å². The fraction of sp³-hybridized carbons (Fsp3) is 0.200. The van der Waals surface area contributed by atoms with Gasteiger partial charge in [-0.1, -0.05) is 54.2 Å². The maximum Gasteiger partial charge on any atom is 0.278 e. The van der Waals surface area contributed by atoms with Crippen LogP contribution in [0, 0.1) is 0 Å². The zero-order valence-electron chi connectivity index (χ0n) is 13.7. The molecule has 0 saturated carbocycles. The summed E-state index contributed by atoms with van der Waals surface area (Å²) in [5, 5.41) is 0.832. The van der Waals surface area contributed by atoms with E-state index in [1.807, 2.05) is 60.7 Å². The molecule has 0 radical (unpaired) electrons. The zero-order valence-corrected chi connectivity index (χ0v) is 14.5. The molecular weight excluding hydrogens is 332 g/mol. The fourth-order valence-corrected chi connectivity index (χ4v) is 3.77. The first kappa shape index (κ1) is 16.0. The summed E-state index contributed by atoms with van der Waals surface area (Å²) in [6.45, 7) is 1.29. The van der Waals surface area contributed by atoms with Crippen molar-refractivity contribution in [2.45, 2.75) is 13.0 Å². The Morgan fingerprint density at radius 1 is 1.16 bits per heavy atom. The molecule has 2 aromatic carbocycles. The first-order valence-electron chi connectivity index (χ1n) is 8.31. The monoisotopic (exact) mass is 350 g/mol. The van der Waals surface area contributed by atoms with Crippen LogP contribution in [0.1, 0.15) is 17.5 Å². The van der Waals surface area contributed by atoms with E-state index < -0.39 is 0 Å². The molecule has 0 spiro atoms. The Hall–Kier alpha value is -2.53. The Morgan fingerprint density at radius 3 is 2.88 bits per heavy atom. The molecule has 4 rings (SSSR count). The second kappa shape index (κ2) is 7.15. The van der Waals surface area contributed by atoms with Crippen LogP contribution < -0.4 is 4.74 Å². The Labute approximate surface area is 151 Å². The third kappa shape index (κ3) is 3.61. The molecule has 2 aliphatic rings. The number of thioether (sulfide) groups is 1.